The van der Waals surface area contributed by atoms with Gasteiger partial charge < -0.3 is 19.9 Å². The molecule has 0 aliphatic heterocycles. The summed E-state index contributed by atoms with van der Waals surface area (Å²) in [6.07, 6.45) is 0. The van der Waals surface area contributed by atoms with E-state index in [1.165, 1.54) is 0 Å². The summed E-state index contributed by atoms with van der Waals surface area (Å²) >= 11 is 0. The van der Waals surface area contributed by atoms with Gasteiger partial charge in [0.05, 0.1) is 26.9 Å². The number of nitrogens with one attached hydrogen (secondary N) is 1. The molecule has 2 rings (SSSR count). The molecule has 2 aromatic carbocycles. The Morgan fingerprint density at radius 1 is 1.05 bits per heavy atom. The molecule has 112 valence electrons. The van der Waals surface area contributed by atoms with Gasteiger partial charge in [0.25, 0.3) is 0 Å². The number of ether oxygens (including phenoxy) is 2. The van der Waals surface area contributed by atoms with Crippen molar-refractivity contribution in [3.8, 4) is 11.5 Å². The molecule has 0 radical (unpaired) electrons. The van der Waals surface area contributed by atoms with Crippen molar-refractivity contribution in [1.29, 1.82) is 0 Å². The average Bonchev–Trinajstić information content (AvgIpc) is 2.53. The van der Waals surface area contributed by atoms with Crippen molar-refractivity contribution in [2.45, 2.75) is 13.0 Å². The van der Waals surface area contributed by atoms with Crippen LogP contribution in [0, 0.1) is 6.92 Å². The fourth-order valence-corrected chi connectivity index (χ4v) is 2.24. The zero-order valence-corrected chi connectivity index (χ0v) is 12.6. The monoisotopic (exact) mass is 287 g/mol. The Kier molecular flexibility index (Phi) is 5.06. The first-order valence-electron chi connectivity index (χ1n) is 6.84. The van der Waals surface area contributed by atoms with Crippen LogP contribution < -0.4 is 14.8 Å². The zero-order valence-electron chi connectivity index (χ0n) is 12.6. The second kappa shape index (κ2) is 6.99. The van der Waals surface area contributed by atoms with E-state index in [2.05, 4.69) is 5.32 Å². The van der Waals surface area contributed by atoms with Crippen LogP contribution in [0.2, 0.25) is 0 Å². The Bertz CT molecular complexity index is 581. The fraction of sp³-hybridized carbons (Fsp3) is 0.294. The summed E-state index contributed by atoms with van der Waals surface area (Å²) in [5.41, 5.74) is 3.00. The maximum atomic E-state index is 9.64. The Hall–Kier alpha value is -2.20. The smallest absolute Gasteiger partial charge is 0.121 e. The fourth-order valence-electron chi connectivity index (χ4n) is 2.24. The molecule has 0 saturated carbocycles. The molecule has 4 nitrogen and oxygen atoms in total. The standard InChI is InChI=1S/C17H21NO3/c1-12-10-13(4-9-17(12)21-3)16(11-19)18-14-5-7-15(20-2)8-6-14/h4-10,16,18-19H,11H2,1-3H3. The zero-order chi connectivity index (χ0) is 15.2. The van der Waals surface area contributed by atoms with Gasteiger partial charge in [0, 0.05) is 5.69 Å². The van der Waals surface area contributed by atoms with Crippen LogP contribution in [0.15, 0.2) is 42.5 Å². The lowest BCUT2D eigenvalue weighted by Gasteiger charge is -2.19. The SMILES string of the molecule is COc1ccc(NC(CO)c2ccc(OC)c(C)c2)cc1. The average molecular weight is 287 g/mol. The molecular formula is C17H21NO3. The summed E-state index contributed by atoms with van der Waals surface area (Å²) in [4.78, 5) is 0. The van der Waals surface area contributed by atoms with Gasteiger partial charge >= 0.3 is 0 Å². The molecule has 2 aromatic rings. The maximum absolute atomic E-state index is 9.64. The van der Waals surface area contributed by atoms with Crippen LogP contribution in [0.5, 0.6) is 11.5 Å². The lowest BCUT2D eigenvalue weighted by molar-refractivity contribution is 0.276. The van der Waals surface area contributed by atoms with Crippen molar-refractivity contribution in [3.63, 3.8) is 0 Å². The minimum absolute atomic E-state index is 0.0117. The summed E-state index contributed by atoms with van der Waals surface area (Å²) in [5.74, 6) is 1.65. The number of methoxy groups -OCH3 is 2. The molecule has 0 aliphatic carbocycles. The van der Waals surface area contributed by atoms with Crippen molar-refractivity contribution in [3.05, 3.63) is 53.6 Å². The van der Waals surface area contributed by atoms with E-state index < -0.39 is 0 Å². The van der Waals surface area contributed by atoms with E-state index in [0.717, 1.165) is 28.3 Å². The number of hydrogen-bond donors (Lipinski definition) is 2. The Labute approximate surface area is 125 Å². The molecule has 0 bridgehead atoms. The van der Waals surface area contributed by atoms with E-state index in [4.69, 9.17) is 9.47 Å². The molecule has 4 heteroatoms. The third kappa shape index (κ3) is 3.67. The molecule has 1 unspecified atom stereocenters. The number of aliphatic hydroxyl groups excluding tert-OH is 1. The Morgan fingerprint density at radius 3 is 2.29 bits per heavy atom. The predicted octanol–water partition coefficient (Wildman–Crippen LogP) is 3.16. The molecule has 2 N–H and O–H groups in total. The van der Waals surface area contributed by atoms with Gasteiger partial charge in [0.1, 0.15) is 11.5 Å². The summed E-state index contributed by atoms with van der Waals surface area (Å²) in [6.45, 7) is 2.00. The van der Waals surface area contributed by atoms with Crippen molar-refractivity contribution in [2.75, 3.05) is 26.1 Å². The highest BCUT2D eigenvalue weighted by Gasteiger charge is 2.12. The molecule has 0 amide bonds. The van der Waals surface area contributed by atoms with Crippen LogP contribution in [0.25, 0.3) is 0 Å². The molecule has 0 spiro atoms. The van der Waals surface area contributed by atoms with Crippen LogP contribution in [0.4, 0.5) is 5.69 Å². The number of rotatable bonds is 6. The molecule has 0 saturated heterocycles. The van der Waals surface area contributed by atoms with E-state index in [1.807, 2.05) is 49.4 Å². The third-order valence-corrected chi connectivity index (χ3v) is 3.43. The van der Waals surface area contributed by atoms with Crippen LogP contribution in [0.1, 0.15) is 17.2 Å². The van der Waals surface area contributed by atoms with Crippen molar-refractivity contribution < 1.29 is 14.6 Å². The van der Waals surface area contributed by atoms with E-state index in [9.17, 15) is 5.11 Å². The molecule has 0 aliphatic rings. The summed E-state index contributed by atoms with van der Waals surface area (Å²) in [7, 11) is 3.29. The second-order valence-electron chi connectivity index (χ2n) is 4.84. The van der Waals surface area contributed by atoms with Gasteiger partial charge in [-0.25, -0.2) is 0 Å². The first kappa shape index (κ1) is 15.2. The van der Waals surface area contributed by atoms with Gasteiger partial charge in [-0.3, -0.25) is 0 Å². The van der Waals surface area contributed by atoms with Gasteiger partial charge in [0.2, 0.25) is 0 Å². The Morgan fingerprint density at radius 2 is 1.76 bits per heavy atom. The van der Waals surface area contributed by atoms with Gasteiger partial charge in [0.15, 0.2) is 0 Å². The third-order valence-electron chi connectivity index (χ3n) is 3.43. The van der Waals surface area contributed by atoms with Gasteiger partial charge in [-0.2, -0.15) is 0 Å². The highest BCUT2D eigenvalue weighted by atomic mass is 16.5. The number of anilines is 1. The quantitative estimate of drug-likeness (QED) is 0.857. The first-order chi connectivity index (χ1) is 10.2. The predicted molar refractivity (Wildman–Crippen MR) is 84.2 cm³/mol. The summed E-state index contributed by atoms with van der Waals surface area (Å²) in [6, 6.07) is 13.4. The van der Waals surface area contributed by atoms with E-state index in [-0.39, 0.29) is 12.6 Å². The van der Waals surface area contributed by atoms with Crippen molar-refractivity contribution >= 4 is 5.69 Å². The number of benzene rings is 2. The van der Waals surface area contributed by atoms with Crippen molar-refractivity contribution in [1.82, 2.24) is 0 Å². The molecule has 1 atom stereocenters. The van der Waals surface area contributed by atoms with Gasteiger partial charge in [-0.15, -0.1) is 0 Å². The number of hydrogen-bond acceptors (Lipinski definition) is 4. The first-order valence-corrected chi connectivity index (χ1v) is 6.84. The highest BCUT2D eigenvalue weighted by molar-refractivity contribution is 5.49. The summed E-state index contributed by atoms with van der Waals surface area (Å²) < 4.78 is 10.4. The highest BCUT2D eigenvalue weighted by Crippen LogP contribution is 2.25. The molecule has 0 aromatic heterocycles. The normalized spacial score (nSPS) is 11.8. The van der Waals surface area contributed by atoms with E-state index in [0.29, 0.717) is 0 Å². The van der Waals surface area contributed by atoms with Gasteiger partial charge in [-0.1, -0.05) is 12.1 Å². The molecule has 0 fully saturated rings. The topological polar surface area (TPSA) is 50.7 Å². The second-order valence-corrected chi connectivity index (χ2v) is 4.84. The lowest BCUT2D eigenvalue weighted by atomic mass is 10.0. The lowest BCUT2D eigenvalue weighted by Crippen LogP contribution is -2.15. The summed E-state index contributed by atoms with van der Waals surface area (Å²) in [5, 5.41) is 13.0. The molecular weight excluding hydrogens is 266 g/mol. The largest absolute Gasteiger partial charge is 0.497 e. The van der Waals surface area contributed by atoms with Crippen LogP contribution in [-0.4, -0.2) is 25.9 Å². The van der Waals surface area contributed by atoms with Crippen molar-refractivity contribution in [2.24, 2.45) is 0 Å². The maximum Gasteiger partial charge on any atom is 0.121 e. The van der Waals surface area contributed by atoms with Crippen LogP contribution >= 0.6 is 0 Å². The Balaban J connectivity index is 2.16. The minimum atomic E-state index is -0.164. The number of aliphatic hydroxyl groups is 1. The van der Waals surface area contributed by atoms with Crippen LogP contribution in [0.3, 0.4) is 0 Å². The minimum Gasteiger partial charge on any atom is -0.497 e. The van der Waals surface area contributed by atoms with Crippen LogP contribution in [-0.2, 0) is 0 Å². The van der Waals surface area contributed by atoms with E-state index >= 15 is 0 Å². The molecule has 21 heavy (non-hydrogen) atoms. The van der Waals surface area contributed by atoms with Gasteiger partial charge in [-0.05, 0) is 48.4 Å². The number of aryl methyl sites for hydroxylation is 1. The van der Waals surface area contributed by atoms with E-state index in [1.54, 1.807) is 14.2 Å². The molecule has 0 heterocycles.